The minimum Gasteiger partial charge on any atom is -0.382 e. The molecular weight excluding hydrogens is 520 g/mol. The van der Waals surface area contributed by atoms with E-state index in [0.29, 0.717) is 37.5 Å². The number of thioether (sulfide) groups is 1. The molecule has 0 aliphatic rings. The number of hydrogen-bond acceptors (Lipinski definition) is 10. The van der Waals surface area contributed by atoms with Crippen molar-refractivity contribution in [2.45, 2.75) is 78.4 Å². The van der Waals surface area contributed by atoms with Gasteiger partial charge in [-0.3, -0.25) is 24.7 Å². The molecular formula is C26H46N8O4S. The SMILES string of the molecule is CNC(=O)C(CCCOCCC(C)(C)CC(C)(C)CCCN=C(N)NC(=O)c1nc(C)c(N)nc1N)SC=O. The highest BCUT2D eigenvalue weighted by atomic mass is 32.2. The van der Waals surface area contributed by atoms with E-state index in [9.17, 15) is 14.4 Å². The van der Waals surface area contributed by atoms with Crippen LogP contribution in [0.3, 0.4) is 0 Å². The van der Waals surface area contributed by atoms with Crippen molar-refractivity contribution in [2.75, 3.05) is 38.3 Å². The summed E-state index contributed by atoms with van der Waals surface area (Å²) >= 11 is 1.00. The lowest BCUT2D eigenvalue weighted by Crippen LogP contribution is -2.38. The normalized spacial score (nSPS) is 13.1. The molecule has 0 spiro atoms. The minimum absolute atomic E-state index is 0.00245. The molecule has 1 unspecified atom stereocenters. The number of hydrogen-bond donors (Lipinski definition) is 5. The topological polar surface area (TPSA) is 201 Å². The van der Waals surface area contributed by atoms with Crippen molar-refractivity contribution in [1.29, 1.82) is 0 Å². The molecule has 0 saturated heterocycles. The van der Waals surface area contributed by atoms with Crippen molar-refractivity contribution in [3.05, 3.63) is 11.4 Å². The summed E-state index contributed by atoms with van der Waals surface area (Å²) in [5.74, 6) is -0.622. The number of nitrogens with zero attached hydrogens (tertiary/aromatic N) is 3. The fourth-order valence-corrected chi connectivity index (χ4v) is 5.15. The van der Waals surface area contributed by atoms with Gasteiger partial charge in [-0.2, -0.15) is 0 Å². The Kier molecular flexibility index (Phi) is 14.2. The number of aryl methyl sites for hydroxylation is 1. The number of carbonyl (C=O) groups excluding carboxylic acids is 3. The van der Waals surface area contributed by atoms with Crippen LogP contribution in [0.2, 0.25) is 0 Å². The maximum absolute atomic E-state index is 12.4. The van der Waals surface area contributed by atoms with Crippen LogP contribution in [-0.4, -0.2) is 65.4 Å². The Morgan fingerprint density at radius 2 is 1.74 bits per heavy atom. The smallest absolute Gasteiger partial charge is 0.280 e. The lowest BCUT2D eigenvalue weighted by molar-refractivity contribution is -0.120. The van der Waals surface area contributed by atoms with Crippen LogP contribution in [0.1, 0.15) is 82.4 Å². The van der Waals surface area contributed by atoms with Gasteiger partial charge in [0.2, 0.25) is 5.91 Å². The van der Waals surface area contributed by atoms with E-state index in [0.717, 1.165) is 43.9 Å². The first-order chi connectivity index (χ1) is 18.2. The van der Waals surface area contributed by atoms with E-state index in [4.69, 9.17) is 21.9 Å². The molecule has 0 aromatic carbocycles. The first-order valence-electron chi connectivity index (χ1n) is 13.1. The van der Waals surface area contributed by atoms with Crippen LogP contribution in [0.5, 0.6) is 0 Å². The molecule has 0 fully saturated rings. The molecule has 1 aromatic heterocycles. The third kappa shape index (κ3) is 13.1. The number of nitrogens with one attached hydrogen (secondary N) is 2. The summed E-state index contributed by atoms with van der Waals surface area (Å²) in [5, 5.41) is 4.71. The number of nitrogen functional groups attached to an aromatic ring is 2. The molecule has 0 aliphatic carbocycles. The van der Waals surface area contributed by atoms with E-state index < -0.39 is 5.91 Å². The fourth-order valence-electron chi connectivity index (χ4n) is 4.47. The Bertz CT molecular complexity index is 1000. The number of ether oxygens (including phenoxy) is 1. The molecule has 12 nitrogen and oxygen atoms in total. The third-order valence-corrected chi connectivity index (χ3v) is 7.17. The van der Waals surface area contributed by atoms with E-state index >= 15 is 0 Å². The number of nitrogens with two attached hydrogens (primary N) is 3. The molecule has 13 heteroatoms. The first-order valence-corrected chi connectivity index (χ1v) is 14.0. The molecule has 1 rings (SSSR count). The Balaban J connectivity index is 2.39. The first kappa shape index (κ1) is 34.1. The van der Waals surface area contributed by atoms with Gasteiger partial charge in [0.1, 0.15) is 5.82 Å². The van der Waals surface area contributed by atoms with Crippen molar-refractivity contribution in [1.82, 2.24) is 20.6 Å². The number of carbonyl (C=O) groups is 3. The summed E-state index contributed by atoms with van der Waals surface area (Å²) in [6.07, 6.45) is 4.97. The molecule has 220 valence electrons. The van der Waals surface area contributed by atoms with Crippen molar-refractivity contribution in [3.8, 4) is 0 Å². The van der Waals surface area contributed by atoms with Crippen LogP contribution in [0.25, 0.3) is 0 Å². The summed E-state index contributed by atoms with van der Waals surface area (Å²) in [7, 11) is 1.57. The molecule has 39 heavy (non-hydrogen) atoms. The van der Waals surface area contributed by atoms with Crippen molar-refractivity contribution < 1.29 is 19.1 Å². The maximum atomic E-state index is 12.4. The van der Waals surface area contributed by atoms with Gasteiger partial charge in [-0.05, 0) is 56.3 Å². The van der Waals surface area contributed by atoms with E-state index in [-0.39, 0.29) is 45.3 Å². The van der Waals surface area contributed by atoms with E-state index in [1.54, 1.807) is 14.0 Å². The number of aromatic nitrogens is 2. The maximum Gasteiger partial charge on any atom is 0.280 e. The number of rotatable bonds is 17. The Labute approximate surface area is 236 Å². The van der Waals surface area contributed by atoms with Gasteiger partial charge in [0.25, 0.3) is 5.91 Å². The fraction of sp³-hybridized carbons (Fsp3) is 0.692. The average molecular weight is 567 g/mol. The predicted octanol–water partition coefficient (Wildman–Crippen LogP) is 2.44. The molecule has 2 amide bonds. The lowest BCUT2D eigenvalue weighted by Gasteiger charge is -2.35. The van der Waals surface area contributed by atoms with Gasteiger partial charge in [0, 0.05) is 26.8 Å². The molecule has 0 radical (unpaired) electrons. The van der Waals surface area contributed by atoms with Gasteiger partial charge < -0.3 is 27.3 Å². The van der Waals surface area contributed by atoms with Crippen molar-refractivity contribution in [2.24, 2.45) is 21.6 Å². The Morgan fingerprint density at radius 1 is 1.08 bits per heavy atom. The zero-order valence-corrected chi connectivity index (χ0v) is 25.0. The number of amides is 2. The second-order valence-corrected chi connectivity index (χ2v) is 12.1. The largest absolute Gasteiger partial charge is 0.382 e. The minimum atomic E-state index is -0.584. The highest BCUT2D eigenvalue weighted by Gasteiger charge is 2.28. The van der Waals surface area contributed by atoms with Gasteiger partial charge in [-0.25, -0.2) is 9.97 Å². The number of anilines is 2. The van der Waals surface area contributed by atoms with E-state index in [1.807, 2.05) is 0 Å². The Hall–Kier alpha value is -2.93. The molecule has 0 bridgehead atoms. The van der Waals surface area contributed by atoms with E-state index in [1.165, 1.54) is 0 Å². The van der Waals surface area contributed by atoms with Gasteiger partial charge in [-0.15, -0.1) is 0 Å². The van der Waals surface area contributed by atoms with Gasteiger partial charge in [0.05, 0.1) is 10.9 Å². The molecule has 1 aromatic rings. The molecule has 1 atom stereocenters. The second-order valence-electron chi connectivity index (χ2n) is 11.1. The van der Waals surface area contributed by atoms with Gasteiger partial charge in [-0.1, -0.05) is 39.5 Å². The van der Waals surface area contributed by atoms with Gasteiger partial charge >= 0.3 is 0 Å². The quantitative estimate of drug-likeness (QED) is 0.0807. The highest BCUT2D eigenvalue weighted by Crippen LogP contribution is 2.39. The van der Waals surface area contributed by atoms with Crippen LogP contribution >= 0.6 is 11.8 Å². The molecule has 8 N–H and O–H groups in total. The van der Waals surface area contributed by atoms with Crippen molar-refractivity contribution >= 4 is 46.8 Å². The second kappa shape index (κ2) is 16.2. The molecule has 0 saturated carbocycles. The summed E-state index contributed by atoms with van der Waals surface area (Å²) in [6, 6.07) is 0. The summed E-state index contributed by atoms with van der Waals surface area (Å²) in [4.78, 5) is 47.1. The standard InChI is InChI=1S/C26H46N8O4S/c1-17-20(27)33-21(28)19(32-17)23(37)34-24(29)31-12-8-10-25(2,3)15-26(4,5)11-14-38-13-7-9-18(39-16-35)22(36)30-6/h16,18H,7-15H2,1-6H3,(H,30,36)(H4,27,28,33)(H3,29,31,34,37). The van der Waals surface area contributed by atoms with Gasteiger partial charge in [0.15, 0.2) is 23.1 Å². The van der Waals surface area contributed by atoms with Crippen LogP contribution < -0.4 is 27.8 Å². The van der Waals surface area contributed by atoms with E-state index in [2.05, 4.69) is 53.3 Å². The third-order valence-electron chi connectivity index (χ3n) is 6.28. The zero-order valence-electron chi connectivity index (χ0n) is 24.1. The lowest BCUT2D eigenvalue weighted by atomic mass is 9.71. The summed E-state index contributed by atoms with van der Waals surface area (Å²) in [5.41, 5.74) is 18.5. The highest BCUT2D eigenvalue weighted by molar-refractivity contribution is 8.13. The van der Waals surface area contributed by atoms with Crippen LogP contribution in [-0.2, 0) is 14.3 Å². The van der Waals surface area contributed by atoms with Crippen molar-refractivity contribution in [3.63, 3.8) is 0 Å². The summed E-state index contributed by atoms with van der Waals surface area (Å²) < 4.78 is 5.82. The summed E-state index contributed by atoms with van der Waals surface area (Å²) in [6.45, 7) is 12.2. The monoisotopic (exact) mass is 566 g/mol. The van der Waals surface area contributed by atoms with Crippen LogP contribution in [0.4, 0.5) is 11.6 Å². The molecule has 0 aliphatic heterocycles. The average Bonchev–Trinajstić information content (AvgIpc) is 2.84. The van der Waals surface area contributed by atoms with Crippen LogP contribution in [0, 0.1) is 17.8 Å². The number of guanidine groups is 1. The van der Waals surface area contributed by atoms with Crippen LogP contribution in [0.15, 0.2) is 4.99 Å². The zero-order chi connectivity index (χ0) is 29.6. The predicted molar refractivity (Wildman–Crippen MR) is 158 cm³/mol. The molecule has 1 heterocycles. The Morgan fingerprint density at radius 3 is 2.38 bits per heavy atom. The number of aliphatic imine (C=N–C) groups is 1.